The fourth-order valence-corrected chi connectivity index (χ4v) is 4.24. The first-order valence-corrected chi connectivity index (χ1v) is 10.3. The molecule has 1 aromatic heterocycles. The number of aryl methyl sites for hydroxylation is 1. The molecule has 2 aromatic rings. The van der Waals surface area contributed by atoms with Crippen molar-refractivity contribution in [3.63, 3.8) is 0 Å². The summed E-state index contributed by atoms with van der Waals surface area (Å²) >= 11 is 0. The first-order chi connectivity index (χ1) is 14.2. The van der Waals surface area contributed by atoms with E-state index >= 15 is 0 Å². The number of nitrogens with zero attached hydrogens (tertiary/aromatic N) is 5. The number of rotatable bonds is 6. The molecule has 170 valence electrons. The predicted molar refractivity (Wildman–Crippen MR) is 121 cm³/mol. The van der Waals surface area contributed by atoms with Crippen LogP contribution < -0.4 is 10.6 Å². The number of carbonyl (C=O) groups is 2. The highest BCUT2D eigenvalue weighted by Crippen LogP contribution is 2.42. The van der Waals surface area contributed by atoms with Crippen molar-refractivity contribution < 1.29 is 14.7 Å². The molecule has 2 heterocycles. The second-order valence-electron chi connectivity index (χ2n) is 8.06. The van der Waals surface area contributed by atoms with Gasteiger partial charge < -0.3 is 15.7 Å². The molecule has 0 saturated heterocycles. The molecule has 0 saturated carbocycles. The molecule has 1 aromatic carbocycles. The Kier molecular flexibility index (Phi) is 8.02. The van der Waals surface area contributed by atoms with E-state index in [-0.39, 0.29) is 36.4 Å². The number of amides is 2. The van der Waals surface area contributed by atoms with Crippen LogP contribution in [0.2, 0.25) is 0 Å². The highest BCUT2D eigenvalue weighted by Gasteiger charge is 2.38. The van der Waals surface area contributed by atoms with E-state index < -0.39 is 6.09 Å². The molecule has 0 aliphatic carbocycles. The Morgan fingerprint density at radius 3 is 2.65 bits per heavy atom. The highest BCUT2D eigenvalue weighted by molar-refractivity contribution is 5.94. The summed E-state index contributed by atoms with van der Waals surface area (Å²) < 4.78 is 1.75. The van der Waals surface area contributed by atoms with Crippen molar-refractivity contribution in [2.24, 2.45) is 5.73 Å². The Morgan fingerprint density at radius 2 is 2.06 bits per heavy atom. The van der Waals surface area contributed by atoms with E-state index in [1.165, 1.54) is 11.8 Å². The maximum Gasteiger partial charge on any atom is 0.408 e. The Balaban J connectivity index is 0.00000341. The molecule has 3 N–H and O–H groups in total. The van der Waals surface area contributed by atoms with Crippen LogP contribution in [0.3, 0.4) is 0 Å². The van der Waals surface area contributed by atoms with Crippen LogP contribution in [-0.2, 0) is 11.3 Å². The van der Waals surface area contributed by atoms with Gasteiger partial charge in [0.25, 0.3) is 0 Å². The average molecular weight is 451 g/mol. The zero-order chi connectivity index (χ0) is 22.0. The van der Waals surface area contributed by atoms with Crippen molar-refractivity contribution in [1.29, 1.82) is 0 Å². The van der Waals surface area contributed by atoms with Crippen molar-refractivity contribution in [2.75, 3.05) is 11.4 Å². The minimum absolute atomic E-state index is 0. The fraction of sp³-hybridized carbons (Fsp3) is 0.524. The van der Waals surface area contributed by atoms with Crippen LogP contribution >= 0.6 is 12.4 Å². The second-order valence-corrected chi connectivity index (χ2v) is 8.06. The number of carbonyl (C=O) groups excluding carboxylic acids is 1. The van der Waals surface area contributed by atoms with Crippen molar-refractivity contribution in [3.05, 3.63) is 30.0 Å². The summed E-state index contributed by atoms with van der Waals surface area (Å²) in [5, 5.41) is 18.3. The van der Waals surface area contributed by atoms with E-state index in [0.29, 0.717) is 25.2 Å². The number of halogens is 1. The monoisotopic (exact) mass is 450 g/mol. The highest BCUT2D eigenvalue weighted by atomic mass is 35.5. The smallest absolute Gasteiger partial charge is 0.408 e. The van der Waals surface area contributed by atoms with Gasteiger partial charge in [-0.3, -0.25) is 14.4 Å². The van der Waals surface area contributed by atoms with E-state index in [1.807, 2.05) is 45.2 Å². The number of carboxylic acid groups (broad SMARTS) is 1. The molecule has 0 fully saturated rings. The normalized spacial score (nSPS) is 17.8. The van der Waals surface area contributed by atoms with Crippen LogP contribution in [0, 0.1) is 0 Å². The average Bonchev–Trinajstić information content (AvgIpc) is 3.14. The van der Waals surface area contributed by atoms with Crippen molar-refractivity contribution in [3.8, 4) is 11.3 Å². The van der Waals surface area contributed by atoms with Gasteiger partial charge in [0, 0.05) is 36.8 Å². The number of benzene rings is 1. The molecule has 0 unspecified atom stereocenters. The van der Waals surface area contributed by atoms with Gasteiger partial charge in [0.1, 0.15) is 5.69 Å². The summed E-state index contributed by atoms with van der Waals surface area (Å²) in [6.45, 7) is 8.48. The summed E-state index contributed by atoms with van der Waals surface area (Å²) in [5.74, 6) is -0.0610. The topological polar surface area (TPSA) is 118 Å². The number of fused-ring (bicyclic) bond motifs is 1. The van der Waals surface area contributed by atoms with Gasteiger partial charge in [-0.1, -0.05) is 11.3 Å². The largest absolute Gasteiger partial charge is 0.465 e. The number of hydrogen-bond acceptors (Lipinski definition) is 5. The standard InChI is InChI=1S/C21H30N6O3.ClH/c1-13(2)26(21(29)30)20-10-14(3)27(15(4)28)19-7-6-16(11-17(19)20)18-12-25(24-23-18)9-5-8-22;/h6-7,11-14,20H,5,8-10,22H2,1-4H3,(H,29,30);1H/t14-,20+;/m0./s1. The van der Waals surface area contributed by atoms with Crippen molar-refractivity contribution >= 4 is 30.1 Å². The summed E-state index contributed by atoms with van der Waals surface area (Å²) in [6.07, 6.45) is 2.23. The van der Waals surface area contributed by atoms with E-state index in [0.717, 1.165) is 23.2 Å². The Labute approximate surface area is 188 Å². The number of hydrogen-bond donors (Lipinski definition) is 2. The van der Waals surface area contributed by atoms with Crippen LogP contribution in [0.25, 0.3) is 11.3 Å². The molecule has 0 radical (unpaired) electrons. The third-order valence-electron chi connectivity index (χ3n) is 5.53. The number of nitrogens with two attached hydrogens (primary N) is 1. The molecular formula is C21H31ClN6O3. The molecule has 2 atom stereocenters. The lowest BCUT2D eigenvalue weighted by Crippen LogP contribution is -2.48. The van der Waals surface area contributed by atoms with Crippen LogP contribution in [0.1, 0.15) is 52.1 Å². The van der Waals surface area contributed by atoms with Gasteiger partial charge in [0.2, 0.25) is 5.91 Å². The summed E-state index contributed by atoms with van der Waals surface area (Å²) in [6, 6.07) is 5.07. The van der Waals surface area contributed by atoms with Gasteiger partial charge in [0.15, 0.2) is 0 Å². The van der Waals surface area contributed by atoms with Crippen LogP contribution in [0.4, 0.5) is 10.5 Å². The Morgan fingerprint density at radius 1 is 1.35 bits per heavy atom. The van der Waals surface area contributed by atoms with Crippen LogP contribution in [-0.4, -0.2) is 55.6 Å². The first kappa shape index (κ1) is 24.6. The Bertz CT molecular complexity index is 932. The lowest BCUT2D eigenvalue weighted by Gasteiger charge is -2.43. The molecule has 9 nitrogen and oxygen atoms in total. The SMILES string of the molecule is CC(=O)N1c2ccc(-c3cn(CCCN)nn3)cc2[C@H](N(C(=O)O)C(C)C)C[C@@H]1C.Cl. The number of anilines is 1. The molecule has 0 spiro atoms. The lowest BCUT2D eigenvalue weighted by atomic mass is 9.88. The maximum absolute atomic E-state index is 12.3. The second kappa shape index (κ2) is 10.1. The van der Waals surface area contributed by atoms with Crippen LogP contribution in [0.15, 0.2) is 24.4 Å². The Hall–Kier alpha value is -2.65. The predicted octanol–water partition coefficient (Wildman–Crippen LogP) is 3.29. The molecule has 3 rings (SSSR count). The van der Waals surface area contributed by atoms with Crippen molar-refractivity contribution in [2.45, 2.75) is 65.2 Å². The summed E-state index contributed by atoms with van der Waals surface area (Å²) in [5.41, 5.74) is 8.67. The summed E-state index contributed by atoms with van der Waals surface area (Å²) in [4.78, 5) is 27.6. The maximum atomic E-state index is 12.3. The lowest BCUT2D eigenvalue weighted by molar-refractivity contribution is -0.117. The third kappa shape index (κ3) is 4.99. The van der Waals surface area contributed by atoms with E-state index in [9.17, 15) is 14.7 Å². The molecule has 10 heteroatoms. The molecule has 31 heavy (non-hydrogen) atoms. The molecular weight excluding hydrogens is 420 g/mol. The van der Waals surface area contributed by atoms with E-state index in [2.05, 4.69) is 10.3 Å². The van der Waals surface area contributed by atoms with Gasteiger partial charge in [-0.2, -0.15) is 0 Å². The van der Waals surface area contributed by atoms with Crippen LogP contribution in [0.5, 0.6) is 0 Å². The molecule has 2 amide bonds. The number of aromatic nitrogens is 3. The third-order valence-corrected chi connectivity index (χ3v) is 5.53. The van der Waals surface area contributed by atoms with Gasteiger partial charge in [-0.05, 0) is 57.9 Å². The zero-order valence-corrected chi connectivity index (χ0v) is 19.2. The molecule has 1 aliphatic heterocycles. The zero-order valence-electron chi connectivity index (χ0n) is 18.4. The van der Waals surface area contributed by atoms with Gasteiger partial charge in [-0.15, -0.1) is 17.5 Å². The van der Waals surface area contributed by atoms with Gasteiger partial charge in [-0.25, -0.2) is 4.79 Å². The van der Waals surface area contributed by atoms with Gasteiger partial charge in [0.05, 0.1) is 12.2 Å². The quantitative estimate of drug-likeness (QED) is 0.697. The fourth-order valence-electron chi connectivity index (χ4n) is 4.24. The van der Waals surface area contributed by atoms with E-state index in [4.69, 9.17) is 5.73 Å². The minimum atomic E-state index is -0.970. The minimum Gasteiger partial charge on any atom is -0.465 e. The van der Waals surface area contributed by atoms with Crippen molar-refractivity contribution in [1.82, 2.24) is 19.9 Å². The first-order valence-electron chi connectivity index (χ1n) is 10.3. The molecule has 0 bridgehead atoms. The van der Waals surface area contributed by atoms with E-state index in [1.54, 1.807) is 9.58 Å². The van der Waals surface area contributed by atoms with Gasteiger partial charge >= 0.3 is 6.09 Å². The summed E-state index contributed by atoms with van der Waals surface area (Å²) in [7, 11) is 0. The molecule has 1 aliphatic rings.